The number of aromatic amines is 1. The Balaban J connectivity index is 2.56. The molecule has 0 aliphatic heterocycles. The zero-order valence-corrected chi connectivity index (χ0v) is 8.68. The van der Waals surface area contributed by atoms with Crippen LogP contribution in [-0.2, 0) is 0 Å². The van der Waals surface area contributed by atoms with E-state index in [1.807, 2.05) is 12.3 Å². The standard InChI is InChI=1S/C9H9N3OS/c1-5-10-7(3-9(13)11-5)8-4-14-6(2)12-8/h3-4H,1-2H3,(H,10,11,13). The fourth-order valence-electron chi connectivity index (χ4n) is 1.19. The van der Waals surface area contributed by atoms with Crippen LogP contribution in [0.5, 0.6) is 0 Å². The quantitative estimate of drug-likeness (QED) is 0.771. The van der Waals surface area contributed by atoms with Crippen molar-refractivity contribution in [3.05, 3.63) is 32.6 Å². The van der Waals surface area contributed by atoms with Crippen molar-refractivity contribution in [2.45, 2.75) is 13.8 Å². The third kappa shape index (κ3) is 1.72. The van der Waals surface area contributed by atoms with Crippen LogP contribution >= 0.6 is 11.3 Å². The van der Waals surface area contributed by atoms with Gasteiger partial charge in [-0.2, -0.15) is 0 Å². The number of aromatic nitrogens is 3. The van der Waals surface area contributed by atoms with Crippen LogP contribution in [0, 0.1) is 13.8 Å². The van der Waals surface area contributed by atoms with E-state index in [0.717, 1.165) is 10.7 Å². The Hall–Kier alpha value is -1.49. The molecule has 0 fully saturated rings. The second-order valence-corrected chi connectivity index (χ2v) is 4.03. The molecule has 2 rings (SSSR count). The number of nitrogens with zero attached hydrogens (tertiary/aromatic N) is 2. The highest BCUT2D eigenvalue weighted by atomic mass is 32.1. The lowest BCUT2D eigenvalue weighted by atomic mass is 10.3. The first-order valence-electron chi connectivity index (χ1n) is 4.15. The Morgan fingerprint density at radius 3 is 2.64 bits per heavy atom. The van der Waals surface area contributed by atoms with Gasteiger partial charge in [-0.25, -0.2) is 9.97 Å². The second-order valence-electron chi connectivity index (χ2n) is 2.97. The molecule has 2 aromatic rings. The second kappa shape index (κ2) is 3.34. The molecule has 0 unspecified atom stereocenters. The van der Waals surface area contributed by atoms with Crippen molar-refractivity contribution in [1.82, 2.24) is 15.0 Å². The van der Waals surface area contributed by atoms with E-state index < -0.39 is 0 Å². The third-order valence-electron chi connectivity index (χ3n) is 1.74. The molecule has 0 bridgehead atoms. The first-order chi connectivity index (χ1) is 6.65. The van der Waals surface area contributed by atoms with Gasteiger partial charge in [0.05, 0.1) is 10.7 Å². The van der Waals surface area contributed by atoms with Gasteiger partial charge in [-0.15, -0.1) is 11.3 Å². The van der Waals surface area contributed by atoms with E-state index in [4.69, 9.17) is 0 Å². The summed E-state index contributed by atoms with van der Waals surface area (Å²) in [5, 5.41) is 2.87. The zero-order chi connectivity index (χ0) is 10.1. The average Bonchev–Trinajstić information content (AvgIpc) is 2.50. The lowest BCUT2D eigenvalue weighted by molar-refractivity contribution is 1.02. The van der Waals surface area contributed by atoms with E-state index in [-0.39, 0.29) is 5.56 Å². The van der Waals surface area contributed by atoms with Crippen LogP contribution in [0.4, 0.5) is 0 Å². The van der Waals surface area contributed by atoms with Crippen LogP contribution in [0.15, 0.2) is 16.2 Å². The SMILES string of the molecule is Cc1nc(-c2csc(C)n2)cc(=O)[nH]1. The first kappa shape index (κ1) is 9.08. The van der Waals surface area contributed by atoms with E-state index in [1.54, 1.807) is 18.3 Å². The Labute approximate surface area is 84.7 Å². The molecule has 1 N–H and O–H groups in total. The van der Waals surface area contributed by atoms with Crippen molar-refractivity contribution in [3.8, 4) is 11.4 Å². The van der Waals surface area contributed by atoms with E-state index in [1.165, 1.54) is 6.07 Å². The van der Waals surface area contributed by atoms with Crippen LogP contribution in [-0.4, -0.2) is 15.0 Å². The summed E-state index contributed by atoms with van der Waals surface area (Å²) in [5.41, 5.74) is 1.26. The van der Waals surface area contributed by atoms with Crippen LogP contribution in [0.3, 0.4) is 0 Å². The smallest absolute Gasteiger partial charge is 0.251 e. The summed E-state index contributed by atoms with van der Waals surface area (Å²) in [6.45, 7) is 3.68. The molecule has 0 saturated heterocycles. The van der Waals surface area contributed by atoms with Gasteiger partial charge in [0.25, 0.3) is 5.56 Å². The Morgan fingerprint density at radius 1 is 1.29 bits per heavy atom. The molecule has 0 aromatic carbocycles. The summed E-state index contributed by atoms with van der Waals surface area (Å²) in [7, 11) is 0. The van der Waals surface area contributed by atoms with Gasteiger partial charge in [0.15, 0.2) is 0 Å². The van der Waals surface area contributed by atoms with Crippen LogP contribution in [0.1, 0.15) is 10.8 Å². The fraction of sp³-hybridized carbons (Fsp3) is 0.222. The van der Waals surface area contributed by atoms with Crippen molar-refractivity contribution < 1.29 is 0 Å². The minimum Gasteiger partial charge on any atom is -0.311 e. The summed E-state index contributed by atoms with van der Waals surface area (Å²) in [6, 6.07) is 1.46. The predicted molar refractivity (Wildman–Crippen MR) is 55.4 cm³/mol. The van der Waals surface area contributed by atoms with Crippen LogP contribution < -0.4 is 5.56 Å². The summed E-state index contributed by atoms with van der Waals surface area (Å²) < 4.78 is 0. The molecule has 0 spiro atoms. The van der Waals surface area contributed by atoms with E-state index in [2.05, 4.69) is 15.0 Å². The predicted octanol–water partition coefficient (Wildman–Crippen LogP) is 1.51. The topological polar surface area (TPSA) is 58.6 Å². The Kier molecular flexibility index (Phi) is 2.17. The number of hydrogen-bond acceptors (Lipinski definition) is 4. The zero-order valence-electron chi connectivity index (χ0n) is 7.87. The average molecular weight is 207 g/mol. The van der Waals surface area contributed by atoms with Crippen molar-refractivity contribution in [3.63, 3.8) is 0 Å². The molecule has 2 heterocycles. The summed E-state index contributed by atoms with van der Waals surface area (Å²) in [5.74, 6) is 0.609. The normalized spacial score (nSPS) is 10.4. The highest BCUT2D eigenvalue weighted by molar-refractivity contribution is 7.09. The lowest BCUT2D eigenvalue weighted by Gasteiger charge is -1.96. The highest BCUT2D eigenvalue weighted by Crippen LogP contribution is 2.17. The van der Waals surface area contributed by atoms with Gasteiger partial charge in [0, 0.05) is 11.4 Å². The molecular weight excluding hydrogens is 198 g/mol. The maximum Gasteiger partial charge on any atom is 0.251 e. The molecule has 0 aliphatic rings. The molecule has 0 radical (unpaired) electrons. The van der Waals surface area contributed by atoms with Crippen molar-refractivity contribution in [2.75, 3.05) is 0 Å². The van der Waals surface area contributed by atoms with Gasteiger partial charge >= 0.3 is 0 Å². The third-order valence-corrected chi connectivity index (χ3v) is 2.52. The van der Waals surface area contributed by atoms with Crippen molar-refractivity contribution in [2.24, 2.45) is 0 Å². The number of nitrogens with one attached hydrogen (secondary N) is 1. The van der Waals surface area contributed by atoms with Gasteiger partial charge in [0.1, 0.15) is 11.5 Å². The molecule has 2 aromatic heterocycles. The van der Waals surface area contributed by atoms with Gasteiger partial charge < -0.3 is 4.98 Å². The maximum atomic E-state index is 11.2. The van der Waals surface area contributed by atoms with Gasteiger partial charge in [-0.1, -0.05) is 0 Å². The van der Waals surface area contributed by atoms with Crippen molar-refractivity contribution in [1.29, 1.82) is 0 Å². The molecule has 0 saturated carbocycles. The molecular formula is C9H9N3OS. The molecule has 72 valence electrons. The summed E-state index contributed by atoms with van der Waals surface area (Å²) in [4.78, 5) is 22.2. The van der Waals surface area contributed by atoms with Gasteiger partial charge in [-0.3, -0.25) is 4.79 Å². The number of thiazole rings is 1. The fourth-order valence-corrected chi connectivity index (χ4v) is 1.80. The Morgan fingerprint density at radius 2 is 2.07 bits per heavy atom. The maximum absolute atomic E-state index is 11.2. The molecule has 0 atom stereocenters. The lowest BCUT2D eigenvalue weighted by Crippen LogP contribution is -2.08. The Bertz CT molecular complexity index is 515. The van der Waals surface area contributed by atoms with Crippen LogP contribution in [0.2, 0.25) is 0 Å². The number of aryl methyl sites for hydroxylation is 2. The molecule has 5 heteroatoms. The molecule has 0 aliphatic carbocycles. The molecule has 0 amide bonds. The summed E-state index contributed by atoms with van der Waals surface area (Å²) in [6.07, 6.45) is 0. The number of H-pyrrole nitrogens is 1. The van der Waals surface area contributed by atoms with E-state index >= 15 is 0 Å². The van der Waals surface area contributed by atoms with Gasteiger partial charge in [0.2, 0.25) is 0 Å². The minimum atomic E-state index is -0.141. The molecule has 14 heavy (non-hydrogen) atoms. The van der Waals surface area contributed by atoms with E-state index in [9.17, 15) is 4.79 Å². The summed E-state index contributed by atoms with van der Waals surface area (Å²) >= 11 is 1.55. The van der Waals surface area contributed by atoms with E-state index in [0.29, 0.717) is 11.5 Å². The molecule has 4 nitrogen and oxygen atoms in total. The first-order valence-corrected chi connectivity index (χ1v) is 5.03. The monoisotopic (exact) mass is 207 g/mol. The minimum absolute atomic E-state index is 0.141. The number of hydrogen-bond donors (Lipinski definition) is 1. The largest absolute Gasteiger partial charge is 0.311 e. The number of rotatable bonds is 1. The van der Waals surface area contributed by atoms with Gasteiger partial charge in [-0.05, 0) is 13.8 Å². The highest BCUT2D eigenvalue weighted by Gasteiger charge is 2.04. The van der Waals surface area contributed by atoms with Crippen molar-refractivity contribution >= 4 is 11.3 Å². The van der Waals surface area contributed by atoms with Crippen LogP contribution in [0.25, 0.3) is 11.4 Å².